The van der Waals surface area contributed by atoms with Crippen LogP contribution in [0.5, 0.6) is 0 Å². The maximum Gasteiger partial charge on any atom is 0.239 e. The predicted molar refractivity (Wildman–Crippen MR) is 173 cm³/mol. The van der Waals surface area contributed by atoms with Gasteiger partial charge in [-0.2, -0.15) is 0 Å². The van der Waals surface area contributed by atoms with Crippen LogP contribution in [0.25, 0.3) is 17.3 Å². The van der Waals surface area contributed by atoms with E-state index >= 15 is 0 Å². The molecular weight excluding hydrogens is 652 g/mol. The molecule has 1 fully saturated rings. The van der Waals surface area contributed by atoms with Gasteiger partial charge >= 0.3 is 0 Å². The van der Waals surface area contributed by atoms with Gasteiger partial charge in [0.25, 0.3) is 0 Å². The van der Waals surface area contributed by atoms with Crippen molar-refractivity contribution in [2.45, 2.75) is 61.5 Å². The number of alkyl halides is 3. The van der Waals surface area contributed by atoms with E-state index in [2.05, 4.69) is 9.97 Å². The number of hydrogen-bond acceptors (Lipinski definition) is 7. The Morgan fingerprint density at radius 1 is 1.07 bits per heavy atom. The maximum atomic E-state index is 13.8. The first-order chi connectivity index (χ1) is 20.7. The van der Waals surface area contributed by atoms with Gasteiger partial charge in [-0.15, -0.1) is 0 Å². The predicted octanol–water partition coefficient (Wildman–Crippen LogP) is 7.29. The molecule has 2 heterocycles. The number of nitrogens with zero attached hydrogens (tertiary/aromatic N) is 3. The minimum Gasteiger partial charge on any atom is -0.373 e. The Balaban J connectivity index is 1.70. The maximum absolute atomic E-state index is 13.8. The fraction of sp³-hybridized carbons (Fsp3) is 0.419. The van der Waals surface area contributed by atoms with E-state index in [0.29, 0.717) is 42.0 Å². The van der Waals surface area contributed by atoms with Crippen molar-refractivity contribution in [2.75, 3.05) is 24.2 Å². The Kier molecular flexibility index (Phi) is 11.7. The summed E-state index contributed by atoms with van der Waals surface area (Å²) in [6.45, 7) is 4.14. The van der Waals surface area contributed by atoms with E-state index in [1.165, 1.54) is 19.2 Å². The molecule has 0 bridgehead atoms. The molecule has 0 aliphatic carbocycles. The zero-order chi connectivity index (χ0) is 32.1. The largest absolute Gasteiger partial charge is 0.373 e. The van der Waals surface area contributed by atoms with Gasteiger partial charge in [-0.3, -0.25) is 0 Å². The third-order valence-corrected chi connectivity index (χ3v) is 8.41. The van der Waals surface area contributed by atoms with Crippen molar-refractivity contribution in [1.29, 1.82) is 0 Å². The van der Waals surface area contributed by atoms with Gasteiger partial charge in [-0.25, -0.2) is 27.1 Å². The van der Waals surface area contributed by atoms with Crippen LogP contribution in [0.2, 0.25) is 0 Å². The number of aromatic nitrogens is 2. The highest BCUT2D eigenvalue weighted by molar-refractivity contribution is 7.92. The van der Waals surface area contributed by atoms with Crippen LogP contribution in [0.3, 0.4) is 0 Å². The molecule has 3 aromatic rings. The summed E-state index contributed by atoms with van der Waals surface area (Å²) in [5.41, 5.74) is 3.33. The molecule has 44 heavy (non-hydrogen) atoms. The third kappa shape index (κ3) is 9.84. The van der Waals surface area contributed by atoms with Crippen molar-refractivity contribution >= 4 is 56.9 Å². The lowest BCUT2D eigenvalue weighted by molar-refractivity contribution is -0.211. The van der Waals surface area contributed by atoms with Gasteiger partial charge in [-0.1, -0.05) is 91.1 Å². The summed E-state index contributed by atoms with van der Waals surface area (Å²) >= 11 is 17.8. The molecule has 1 saturated heterocycles. The quantitative estimate of drug-likeness (QED) is 0.196. The molecule has 2 aromatic carbocycles. The van der Waals surface area contributed by atoms with E-state index in [4.69, 9.17) is 49.0 Å². The van der Waals surface area contributed by atoms with E-state index in [1.807, 2.05) is 56.3 Å². The minimum absolute atomic E-state index is 0.0103. The van der Waals surface area contributed by atoms with Gasteiger partial charge in [0.1, 0.15) is 5.82 Å². The molecule has 1 aliphatic heterocycles. The average Bonchev–Trinajstić information content (AvgIpc) is 2.97. The number of sulfonamides is 1. The monoisotopic (exact) mass is 685 g/mol. The third-order valence-electron chi connectivity index (χ3n) is 6.92. The summed E-state index contributed by atoms with van der Waals surface area (Å²) in [4.78, 5) is 9.25. The van der Waals surface area contributed by atoms with Crippen LogP contribution in [0, 0.1) is 5.82 Å². The van der Waals surface area contributed by atoms with Gasteiger partial charge in [-0.05, 0) is 35.7 Å². The Hall–Kier alpha value is -2.31. The fourth-order valence-corrected chi connectivity index (χ4v) is 5.19. The van der Waals surface area contributed by atoms with Gasteiger partial charge < -0.3 is 14.2 Å². The number of hydrogen-bond donors (Lipinski definition) is 0. The van der Waals surface area contributed by atoms with E-state index in [-0.39, 0.29) is 24.6 Å². The summed E-state index contributed by atoms with van der Waals surface area (Å²) in [6, 6.07) is 15.7. The molecule has 1 aliphatic rings. The molecule has 3 atom stereocenters. The smallest absolute Gasteiger partial charge is 0.239 e. The van der Waals surface area contributed by atoms with Gasteiger partial charge in [0.15, 0.2) is 6.29 Å². The number of benzene rings is 2. The topological polar surface area (TPSA) is 90.9 Å². The van der Waals surface area contributed by atoms with Crippen molar-refractivity contribution < 1.29 is 27.0 Å². The average molecular weight is 687 g/mol. The molecule has 8 nitrogen and oxygen atoms in total. The zero-order valence-electron chi connectivity index (χ0n) is 24.8. The van der Waals surface area contributed by atoms with Crippen LogP contribution < -0.4 is 4.31 Å². The Morgan fingerprint density at radius 2 is 1.75 bits per heavy atom. The number of halogens is 4. The first-order valence-corrected chi connectivity index (χ1v) is 17.0. The summed E-state index contributed by atoms with van der Waals surface area (Å²) in [6.07, 6.45) is 4.37. The van der Waals surface area contributed by atoms with Crippen LogP contribution in [0.1, 0.15) is 49.4 Å². The van der Waals surface area contributed by atoms with Gasteiger partial charge in [0.2, 0.25) is 19.8 Å². The molecule has 4 rings (SSSR count). The van der Waals surface area contributed by atoms with Crippen molar-refractivity contribution in [3.05, 3.63) is 83.3 Å². The summed E-state index contributed by atoms with van der Waals surface area (Å²) in [5.74, 6) is -0.509. The van der Waals surface area contributed by atoms with Crippen LogP contribution in [0.15, 0.2) is 60.7 Å². The first-order valence-electron chi connectivity index (χ1n) is 14.0. The van der Waals surface area contributed by atoms with Gasteiger partial charge in [0.05, 0.1) is 43.1 Å². The Labute approximate surface area is 273 Å². The standard InChI is InChI=1S/C31H35Cl3FN3O5S/c1-20(2)28-26(29(22-10-12-23(35)13-11-22)37-30(36-28)38(3)44(4,39)40)15-14-24-16-25(41-18-21-8-6-5-7-9-21)17-27(43-24)42-19-31(32,33)34/h5-15,20,24-25,27H,16-19H2,1-4H3/t24-,25-,27?/m1/s1. The molecule has 1 aromatic heterocycles. The van der Waals surface area contributed by atoms with Crippen LogP contribution >= 0.6 is 34.8 Å². The highest BCUT2D eigenvalue weighted by Crippen LogP contribution is 2.34. The Morgan fingerprint density at radius 3 is 2.36 bits per heavy atom. The second-order valence-corrected chi connectivity index (χ2v) is 15.4. The molecule has 1 unspecified atom stereocenters. The van der Waals surface area contributed by atoms with Crippen molar-refractivity contribution in [1.82, 2.24) is 9.97 Å². The van der Waals surface area contributed by atoms with Gasteiger partial charge in [0, 0.05) is 31.0 Å². The molecule has 13 heteroatoms. The van der Waals surface area contributed by atoms with Crippen LogP contribution in [0.4, 0.5) is 10.3 Å². The second kappa shape index (κ2) is 14.9. The number of rotatable bonds is 11. The molecule has 238 valence electrons. The molecule has 0 N–H and O–H groups in total. The lowest BCUT2D eigenvalue weighted by Gasteiger charge is -2.34. The van der Waals surface area contributed by atoms with Crippen LogP contribution in [-0.2, 0) is 30.8 Å². The summed E-state index contributed by atoms with van der Waals surface area (Å²) < 4.78 is 56.2. The normalized spacial score (nSPS) is 19.5. The van der Waals surface area contributed by atoms with E-state index in [0.717, 1.165) is 16.1 Å². The molecule has 0 spiro atoms. The SMILES string of the molecule is CC(C)c1nc(N(C)S(C)(=O)=O)nc(-c2ccc(F)cc2)c1C=C[C@@H]1C[C@@H](OCc2ccccc2)CC(OCC(Cl)(Cl)Cl)O1. The Bertz CT molecular complexity index is 1540. The second-order valence-electron chi connectivity index (χ2n) is 10.8. The van der Waals surface area contributed by atoms with E-state index in [9.17, 15) is 12.8 Å². The van der Waals surface area contributed by atoms with Crippen LogP contribution in [-0.4, -0.2) is 60.6 Å². The fourth-order valence-electron chi connectivity index (χ4n) is 4.62. The summed E-state index contributed by atoms with van der Waals surface area (Å²) in [5, 5.41) is 0. The highest BCUT2D eigenvalue weighted by atomic mass is 35.6. The van der Waals surface area contributed by atoms with Crippen molar-refractivity contribution in [3.63, 3.8) is 0 Å². The minimum atomic E-state index is -3.65. The first kappa shape index (κ1) is 34.6. The zero-order valence-corrected chi connectivity index (χ0v) is 27.9. The molecule has 0 saturated carbocycles. The number of anilines is 1. The number of ether oxygens (including phenoxy) is 3. The molecular formula is C31H35Cl3FN3O5S. The molecule has 0 radical (unpaired) electrons. The lowest BCUT2D eigenvalue weighted by atomic mass is 9.96. The van der Waals surface area contributed by atoms with E-state index in [1.54, 1.807) is 12.1 Å². The van der Waals surface area contributed by atoms with Crippen molar-refractivity contribution in [3.8, 4) is 11.3 Å². The lowest BCUT2D eigenvalue weighted by Crippen LogP contribution is -2.38. The van der Waals surface area contributed by atoms with E-state index < -0.39 is 32.0 Å². The molecule has 0 amide bonds. The summed E-state index contributed by atoms with van der Waals surface area (Å²) in [7, 11) is -2.26. The van der Waals surface area contributed by atoms with Crippen molar-refractivity contribution in [2.24, 2.45) is 0 Å². The highest BCUT2D eigenvalue weighted by Gasteiger charge is 2.32.